The molecule has 0 unspecified atom stereocenters. The summed E-state index contributed by atoms with van der Waals surface area (Å²) in [5.41, 5.74) is -4.05. The van der Waals surface area contributed by atoms with E-state index < -0.39 is 59.1 Å². The highest BCUT2D eigenvalue weighted by molar-refractivity contribution is 6.01. The third-order valence-electron chi connectivity index (χ3n) is 6.10. The maximum Gasteiger partial charge on any atom is 0.433 e. The molecule has 13 heteroatoms. The van der Waals surface area contributed by atoms with Gasteiger partial charge in [-0.15, -0.1) is 0 Å². The lowest BCUT2D eigenvalue weighted by molar-refractivity contribution is -0.141. The number of aromatic amines is 1. The molecule has 1 N–H and O–H groups in total. The highest BCUT2D eigenvalue weighted by atomic mass is 19.4. The number of aromatic nitrogens is 2. The number of nitrogens with one attached hydrogen (secondary N) is 1. The number of nitrogens with zero attached hydrogens (tertiary/aromatic N) is 2. The van der Waals surface area contributed by atoms with E-state index in [9.17, 15) is 36.3 Å². The van der Waals surface area contributed by atoms with Crippen molar-refractivity contribution in [3.05, 3.63) is 44.4 Å². The van der Waals surface area contributed by atoms with E-state index in [1.165, 1.54) is 25.7 Å². The summed E-state index contributed by atoms with van der Waals surface area (Å²) in [5.74, 6) is -5.46. The number of ether oxygens (including phenoxy) is 2. The Hall–Kier alpha value is -3.51. The number of anilines is 1. The predicted octanol–water partition coefficient (Wildman–Crippen LogP) is 5.05. The van der Waals surface area contributed by atoms with Gasteiger partial charge in [-0.2, -0.15) is 13.2 Å². The molecule has 0 aromatic carbocycles. The Morgan fingerprint density at radius 2 is 1.66 bits per heavy atom. The lowest BCUT2D eigenvalue weighted by Gasteiger charge is -2.27. The second-order valence-electron chi connectivity index (χ2n) is 8.86. The molecule has 1 aliphatic rings. The summed E-state index contributed by atoms with van der Waals surface area (Å²) in [6, 6.07) is 1.09. The number of hydrogen-bond donors (Lipinski definition) is 1. The molecule has 0 aliphatic carbocycles. The smallest absolute Gasteiger partial charge is 0.433 e. The van der Waals surface area contributed by atoms with Gasteiger partial charge in [-0.05, 0) is 45.7 Å². The van der Waals surface area contributed by atoms with E-state index in [0.29, 0.717) is 0 Å². The molecule has 1 saturated heterocycles. The van der Waals surface area contributed by atoms with Gasteiger partial charge < -0.3 is 19.4 Å². The van der Waals surface area contributed by atoms with Crippen LogP contribution < -0.4 is 10.3 Å². The number of rotatable bonds is 6. The molecular formula is C25H28F5N3O5. The average molecular weight is 546 g/mol. The first-order valence-electron chi connectivity index (χ1n) is 12.0. The van der Waals surface area contributed by atoms with Crippen LogP contribution >= 0.6 is 0 Å². The van der Waals surface area contributed by atoms with Crippen LogP contribution in [0.2, 0.25) is 0 Å². The van der Waals surface area contributed by atoms with Crippen molar-refractivity contribution in [2.45, 2.75) is 59.1 Å². The van der Waals surface area contributed by atoms with Crippen LogP contribution in [0, 0.1) is 13.8 Å². The van der Waals surface area contributed by atoms with Gasteiger partial charge in [-0.1, -0.05) is 0 Å². The molecule has 8 nitrogen and oxygen atoms in total. The zero-order chi connectivity index (χ0) is 28.4. The summed E-state index contributed by atoms with van der Waals surface area (Å²) in [7, 11) is 0. The van der Waals surface area contributed by atoms with Gasteiger partial charge in [-0.25, -0.2) is 23.4 Å². The van der Waals surface area contributed by atoms with Crippen LogP contribution in [0.3, 0.4) is 0 Å². The van der Waals surface area contributed by atoms with Crippen molar-refractivity contribution in [2.75, 3.05) is 31.2 Å². The summed E-state index contributed by atoms with van der Waals surface area (Å²) in [4.78, 5) is 46.7. The molecule has 0 atom stereocenters. The summed E-state index contributed by atoms with van der Waals surface area (Å²) in [6.07, 6.45) is -5.94. The maximum absolute atomic E-state index is 14.1. The predicted molar refractivity (Wildman–Crippen MR) is 128 cm³/mol. The first-order valence-corrected chi connectivity index (χ1v) is 12.0. The Labute approximate surface area is 215 Å². The van der Waals surface area contributed by atoms with Crippen LogP contribution in [0.1, 0.15) is 70.8 Å². The quantitative estimate of drug-likeness (QED) is 0.400. The fourth-order valence-corrected chi connectivity index (χ4v) is 4.36. The van der Waals surface area contributed by atoms with E-state index in [2.05, 4.69) is 9.97 Å². The van der Waals surface area contributed by atoms with E-state index in [0.717, 1.165) is 13.0 Å². The molecule has 0 bridgehead atoms. The van der Waals surface area contributed by atoms with Gasteiger partial charge in [0.05, 0.1) is 18.9 Å². The first kappa shape index (κ1) is 29.1. The third-order valence-corrected chi connectivity index (χ3v) is 6.10. The number of aryl methyl sites for hydroxylation is 2. The first-order chi connectivity index (χ1) is 17.7. The van der Waals surface area contributed by atoms with E-state index in [1.54, 1.807) is 0 Å². The highest BCUT2D eigenvalue weighted by Crippen LogP contribution is 2.39. The fourth-order valence-electron chi connectivity index (χ4n) is 4.36. The highest BCUT2D eigenvalue weighted by Gasteiger charge is 2.38. The van der Waals surface area contributed by atoms with Crippen molar-refractivity contribution in [1.29, 1.82) is 0 Å². The second kappa shape index (κ2) is 11.1. The third kappa shape index (κ3) is 5.97. The van der Waals surface area contributed by atoms with Crippen LogP contribution in [0.25, 0.3) is 11.3 Å². The molecule has 0 radical (unpaired) electrons. The molecule has 3 heterocycles. The SMILES string of the molecule is CCOC(=O)c1c(C)[nH]c(-c2cc(C)c(C(F)(F)F)nc2N2CCCC(F)(F)CC2)c(C(=O)OCC)c1=O. The van der Waals surface area contributed by atoms with Crippen molar-refractivity contribution < 1.29 is 41.0 Å². The molecule has 3 rings (SSSR count). The Kier molecular flexibility index (Phi) is 8.47. The molecule has 0 spiro atoms. The van der Waals surface area contributed by atoms with Gasteiger partial charge in [0.25, 0.3) is 0 Å². The lowest BCUT2D eigenvalue weighted by Crippen LogP contribution is -2.30. The number of alkyl halides is 5. The van der Waals surface area contributed by atoms with E-state index >= 15 is 0 Å². The van der Waals surface area contributed by atoms with Crippen molar-refractivity contribution in [1.82, 2.24) is 9.97 Å². The molecule has 208 valence electrons. The Balaban J connectivity index is 2.37. The number of carbonyl (C=O) groups is 2. The minimum Gasteiger partial charge on any atom is -0.462 e. The zero-order valence-electron chi connectivity index (χ0n) is 21.4. The number of carbonyl (C=O) groups excluding carboxylic acids is 2. The van der Waals surface area contributed by atoms with Crippen LogP contribution in [-0.4, -0.2) is 54.1 Å². The summed E-state index contributed by atoms with van der Waals surface area (Å²) < 4.78 is 79.5. The average Bonchev–Trinajstić information content (AvgIpc) is 2.98. The molecule has 1 aliphatic heterocycles. The Bertz CT molecular complexity index is 1290. The molecular weight excluding hydrogens is 517 g/mol. The van der Waals surface area contributed by atoms with Gasteiger partial charge in [0.2, 0.25) is 11.4 Å². The molecule has 2 aromatic heterocycles. The molecule has 2 aromatic rings. The van der Waals surface area contributed by atoms with Crippen molar-refractivity contribution in [3.8, 4) is 11.3 Å². The van der Waals surface area contributed by atoms with Crippen molar-refractivity contribution >= 4 is 17.8 Å². The summed E-state index contributed by atoms with van der Waals surface area (Å²) >= 11 is 0. The van der Waals surface area contributed by atoms with Crippen LogP contribution in [0.5, 0.6) is 0 Å². The van der Waals surface area contributed by atoms with E-state index in [4.69, 9.17) is 9.47 Å². The van der Waals surface area contributed by atoms with Crippen LogP contribution in [0.4, 0.5) is 27.8 Å². The standard InChI is InChI=1S/C25H28F5N3O5/c1-5-37-22(35)16-14(4)31-18(17(19(16)34)23(36)38-6-2)15-12-13(3)20(25(28,29)30)32-21(15)33-10-7-8-24(26,27)9-11-33/h12H,5-11H2,1-4H3,(H,31,34). The number of pyridine rings is 2. The summed E-state index contributed by atoms with van der Waals surface area (Å²) in [6.45, 7) is 4.98. The van der Waals surface area contributed by atoms with Crippen molar-refractivity contribution in [3.63, 3.8) is 0 Å². The molecule has 38 heavy (non-hydrogen) atoms. The van der Waals surface area contributed by atoms with Gasteiger partial charge in [0.1, 0.15) is 22.6 Å². The minimum atomic E-state index is -4.85. The van der Waals surface area contributed by atoms with Gasteiger partial charge in [0.15, 0.2) is 0 Å². The number of H-pyrrole nitrogens is 1. The zero-order valence-corrected chi connectivity index (χ0v) is 21.4. The normalized spacial score (nSPS) is 15.7. The fraction of sp³-hybridized carbons (Fsp3) is 0.520. The van der Waals surface area contributed by atoms with Gasteiger partial charge >= 0.3 is 18.1 Å². The topological polar surface area (TPSA) is 102 Å². The molecule has 0 saturated carbocycles. The lowest BCUT2D eigenvalue weighted by atomic mass is 9.99. The number of hydrogen-bond acceptors (Lipinski definition) is 7. The largest absolute Gasteiger partial charge is 0.462 e. The molecule has 0 amide bonds. The minimum absolute atomic E-state index is 0.0117. The van der Waals surface area contributed by atoms with Gasteiger partial charge in [-0.3, -0.25) is 4.79 Å². The van der Waals surface area contributed by atoms with E-state index in [-0.39, 0.29) is 61.1 Å². The Morgan fingerprint density at radius 3 is 2.24 bits per heavy atom. The summed E-state index contributed by atoms with van der Waals surface area (Å²) in [5, 5.41) is 0. The maximum atomic E-state index is 14.1. The Morgan fingerprint density at radius 1 is 1.05 bits per heavy atom. The number of halogens is 5. The molecule has 1 fully saturated rings. The van der Waals surface area contributed by atoms with Crippen LogP contribution in [-0.2, 0) is 15.7 Å². The van der Waals surface area contributed by atoms with Gasteiger partial charge in [0, 0.05) is 37.2 Å². The van der Waals surface area contributed by atoms with E-state index in [1.807, 2.05) is 0 Å². The number of esters is 2. The van der Waals surface area contributed by atoms with Crippen molar-refractivity contribution in [2.24, 2.45) is 0 Å². The monoisotopic (exact) mass is 545 g/mol. The van der Waals surface area contributed by atoms with Crippen LogP contribution in [0.15, 0.2) is 10.9 Å². The second-order valence-corrected chi connectivity index (χ2v) is 8.86.